The maximum Gasteiger partial charge on any atom is 0.0545 e. The normalized spacial score (nSPS) is 16.0. The fraction of sp³-hybridized carbons (Fsp3) is 0.600. The first-order valence-electron chi connectivity index (χ1n) is 6.95. The Kier molecular flexibility index (Phi) is 7.66. The Labute approximate surface area is 124 Å². The van der Waals surface area contributed by atoms with E-state index in [0.717, 1.165) is 24.3 Å². The summed E-state index contributed by atoms with van der Waals surface area (Å²) in [6, 6.07) is 7.64. The van der Waals surface area contributed by atoms with Gasteiger partial charge in [0.15, 0.2) is 0 Å². The second-order valence-electron chi connectivity index (χ2n) is 4.92. The molecule has 0 bridgehead atoms. The van der Waals surface area contributed by atoms with Crippen molar-refractivity contribution in [3.8, 4) is 0 Å². The number of hydrogen-bond donors (Lipinski definition) is 1. The fourth-order valence-electron chi connectivity index (χ4n) is 1.91. The van der Waals surface area contributed by atoms with E-state index in [1.54, 1.807) is 6.07 Å². The number of hydrogen-bond acceptors (Lipinski definition) is 2. The number of nitrogens with one attached hydrogen (secondary N) is 1. The van der Waals surface area contributed by atoms with Crippen molar-refractivity contribution < 1.29 is 4.21 Å². The van der Waals surface area contributed by atoms with Crippen LogP contribution in [0.3, 0.4) is 0 Å². The Hall–Kier alpha value is -0.380. The molecule has 0 aliphatic carbocycles. The molecule has 0 aromatic heterocycles. The van der Waals surface area contributed by atoms with Gasteiger partial charge in [0.1, 0.15) is 0 Å². The van der Waals surface area contributed by atoms with Gasteiger partial charge in [-0.15, -0.1) is 0 Å². The summed E-state index contributed by atoms with van der Waals surface area (Å²) in [5.41, 5.74) is 0. The summed E-state index contributed by atoms with van der Waals surface area (Å²) < 4.78 is 12.4. The molecule has 1 aromatic rings. The molecular formula is C15H24ClNOS. The third-order valence-electron chi connectivity index (χ3n) is 3.38. The Morgan fingerprint density at radius 2 is 2.11 bits per heavy atom. The van der Waals surface area contributed by atoms with Crippen molar-refractivity contribution >= 4 is 22.4 Å². The number of halogens is 1. The van der Waals surface area contributed by atoms with Gasteiger partial charge in [-0.3, -0.25) is 4.21 Å². The Morgan fingerprint density at radius 3 is 2.68 bits per heavy atom. The summed E-state index contributed by atoms with van der Waals surface area (Å²) in [4.78, 5) is 0.819. The van der Waals surface area contributed by atoms with E-state index in [0.29, 0.717) is 22.7 Å². The standard InChI is InChI=1S/C15H24ClNOS/c1-4-9-17-15(12(3)5-2)11-19(18)14-8-6-7-13(16)10-14/h6-8,10,12,15,17H,4-5,9,11H2,1-3H3. The lowest BCUT2D eigenvalue weighted by Gasteiger charge is -2.24. The minimum absolute atomic E-state index is 0.296. The third kappa shape index (κ3) is 5.64. The average molecular weight is 302 g/mol. The molecule has 0 saturated heterocycles. The summed E-state index contributed by atoms with van der Waals surface area (Å²) in [6.45, 7) is 7.51. The van der Waals surface area contributed by atoms with E-state index in [-0.39, 0.29) is 0 Å². The van der Waals surface area contributed by atoms with Crippen molar-refractivity contribution in [1.82, 2.24) is 5.32 Å². The maximum absolute atomic E-state index is 12.4. The smallest absolute Gasteiger partial charge is 0.0545 e. The van der Waals surface area contributed by atoms with Crippen LogP contribution < -0.4 is 5.32 Å². The Balaban J connectivity index is 2.69. The van der Waals surface area contributed by atoms with Crippen molar-refractivity contribution in [1.29, 1.82) is 0 Å². The minimum Gasteiger partial charge on any atom is -0.313 e. The minimum atomic E-state index is -0.996. The number of rotatable bonds is 8. The van der Waals surface area contributed by atoms with E-state index in [1.807, 2.05) is 18.2 Å². The zero-order valence-corrected chi connectivity index (χ0v) is 13.6. The monoisotopic (exact) mass is 301 g/mol. The van der Waals surface area contributed by atoms with Gasteiger partial charge in [0, 0.05) is 21.7 Å². The fourth-order valence-corrected chi connectivity index (χ4v) is 3.62. The van der Waals surface area contributed by atoms with Gasteiger partial charge >= 0.3 is 0 Å². The van der Waals surface area contributed by atoms with Crippen LogP contribution in [0.5, 0.6) is 0 Å². The van der Waals surface area contributed by atoms with E-state index >= 15 is 0 Å². The molecule has 4 heteroatoms. The van der Waals surface area contributed by atoms with Gasteiger partial charge in [-0.2, -0.15) is 0 Å². The molecule has 0 radical (unpaired) electrons. The SMILES string of the molecule is CCCNC(CS(=O)c1cccc(Cl)c1)C(C)CC. The highest BCUT2D eigenvalue weighted by molar-refractivity contribution is 7.85. The average Bonchev–Trinajstić information content (AvgIpc) is 2.42. The van der Waals surface area contributed by atoms with Crippen LogP contribution in [0, 0.1) is 5.92 Å². The van der Waals surface area contributed by atoms with Crippen LogP contribution in [0.2, 0.25) is 5.02 Å². The molecule has 1 rings (SSSR count). The van der Waals surface area contributed by atoms with E-state index in [9.17, 15) is 4.21 Å². The molecule has 0 amide bonds. The van der Waals surface area contributed by atoms with Crippen molar-refractivity contribution in [2.24, 2.45) is 5.92 Å². The Morgan fingerprint density at radius 1 is 1.37 bits per heavy atom. The van der Waals surface area contributed by atoms with Crippen LogP contribution in [0.25, 0.3) is 0 Å². The first-order valence-corrected chi connectivity index (χ1v) is 8.65. The summed E-state index contributed by atoms with van der Waals surface area (Å²) in [7, 11) is -0.996. The van der Waals surface area contributed by atoms with Crippen molar-refractivity contribution in [2.75, 3.05) is 12.3 Å². The number of benzene rings is 1. The zero-order valence-electron chi connectivity index (χ0n) is 12.0. The molecule has 3 atom stereocenters. The first-order chi connectivity index (χ1) is 9.08. The highest BCUT2D eigenvalue weighted by Crippen LogP contribution is 2.17. The van der Waals surface area contributed by atoms with E-state index in [4.69, 9.17) is 11.6 Å². The van der Waals surface area contributed by atoms with Gasteiger partial charge in [0.25, 0.3) is 0 Å². The maximum atomic E-state index is 12.4. The zero-order chi connectivity index (χ0) is 14.3. The molecule has 1 aromatic carbocycles. The van der Waals surface area contributed by atoms with Crippen molar-refractivity contribution in [3.63, 3.8) is 0 Å². The molecule has 0 spiro atoms. The van der Waals surface area contributed by atoms with Crippen LogP contribution in [-0.4, -0.2) is 22.5 Å². The van der Waals surface area contributed by atoms with Crippen molar-refractivity contribution in [2.45, 2.75) is 44.6 Å². The second-order valence-corrected chi connectivity index (χ2v) is 6.85. The quantitative estimate of drug-likeness (QED) is 0.790. The summed E-state index contributed by atoms with van der Waals surface area (Å²) >= 11 is 5.95. The van der Waals surface area contributed by atoms with Crippen LogP contribution in [-0.2, 0) is 10.8 Å². The lowest BCUT2D eigenvalue weighted by molar-refractivity contribution is 0.394. The summed E-state index contributed by atoms with van der Waals surface area (Å²) in [5, 5.41) is 4.16. The first kappa shape index (κ1) is 16.7. The summed E-state index contributed by atoms with van der Waals surface area (Å²) in [6.07, 6.45) is 2.19. The molecule has 1 N–H and O–H groups in total. The summed E-state index contributed by atoms with van der Waals surface area (Å²) in [5.74, 6) is 1.17. The van der Waals surface area contributed by atoms with Gasteiger partial charge < -0.3 is 5.32 Å². The van der Waals surface area contributed by atoms with E-state index in [2.05, 4.69) is 26.1 Å². The predicted molar refractivity (Wildman–Crippen MR) is 84.3 cm³/mol. The van der Waals surface area contributed by atoms with Gasteiger partial charge in [-0.25, -0.2) is 0 Å². The van der Waals surface area contributed by atoms with Gasteiger partial charge in [-0.05, 0) is 37.1 Å². The molecule has 108 valence electrons. The highest BCUT2D eigenvalue weighted by Gasteiger charge is 2.18. The largest absolute Gasteiger partial charge is 0.313 e. The lowest BCUT2D eigenvalue weighted by Crippen LogP contribution is -2.39. The molecule has 0 fully saturated rings. The molecule has 0 aliphatic rings. The van der Waals surface area contributed by atoms with Gasteiger partial charge in [0.2, 0.25) is 0 Å². The molecule has 0 heterocycles. The van der Waals surface area contributed by atoms with Crippen molar-refractivity contribution in [3.05, 3.63) is 29.3 Å². The Bertz CT molecular complexity index is 411. The van der Waals surface area contributed by atoms with E-state index < -0.39 is 10.8 Å². The third-order valence-corrected chi connectivity index (χ3v) is 5.05. The van der Waals surface area contributed by atoms with Crippen LogP contribution in [0.4, 0.5) is 0 Å². The molecule has 19 heavy (non-hydrogen) atoms. The van der Waals surface area contributed by atoms with Gasteiger partial charge in [-0.1, -0.05) is 44.9 Å². The molecule has 0 saturated carbocycles. The lowest BCUT2D eigenvalue weighted by atomic mass is 10.0. The van der Waals surface area contributed by atoms with E-state index in [1.165, 1.54) is 0 Å². The van der Waals surface area contributed by atoms with Crippen LogP contribution in [0.15, 0.2) is 29.2 Å². The molecular weight excluding hydrogens is 278 g/mol. The highest BCUT2D eigenvalue weighted by atomic mass is 35.5. The topological polar surface area (TPSA) is 29.1 Å². The van der Waals surface area contributed by atoms with Crippen LogP contribution >= 0.6 is 11.6 Å². The molecule has 2 nitrogen and oxygen atoms in total. The molecule has 0 aliphatic heterocycles. The predicted octanol–water partition coefficient (Wildman–Crippen LogP) is 3.86. The molecule has 3 unspecified atom stereocenters. The van der Waals surface area contributed by atoms with Crippen LogP contribution in [0.1, 0.15) is 33.6 Å². The van der Waals surface area contributed by atoms with Gasteiger partial charge in [0.05, 0.1) is 10.8 Å². The second kappa shape index (κ2) is 8.72.